The fraction of sp³-hybridized carbons (Fsp3) is 0.143. The third-order valence-corrected chi connectivity index (χ3v) is 4.17. The van der Waals surface area contributed by atoms with Gasteiger partial charge in [0.25, 0.3) is 5.91 Å². The van der Waals surface area contributed by atoms with Crippen LogP contribution in [-0.4, -0.2) is 22.2 Å². The van der Waals surface area contributed by atoms with Crippen molar-refractivity contribution in [2.45, 2.75) is 20.0 Å². The first-order valence-corrected chi connectivity index (χ1v) is 8.60. The van der Waals surface area contributed by atoms with Crippen molar-refractivity contribution in [1.82, 2.24) is 4.98 Å². The van der Waals surface area contributed by atoms with E-state index in [0.717, 1.165) is 5.39 Å². The summed E-state index contributed by atoms with van der Waals surface area (Å²) >= 11 is 0. The Balaban J connectivity index is 1.92. The summed E-state index contributed by atoms with van der Waals surface area (Å²) in [4.78, 5) is 16.9. The Morgan fingerprint density at radius 2 is 1.96 bits per heavy atom. The lowest BCUT2D eigenvalue weighted by Gasteiger charge is -2.16. The molecule has 0 aliphatic rings. The molecule has 0 radical (unpaired) electrons. The number of amides is 1. The highest BCUT2D eigenvalue weighted by Crippen LogP contribution is 2.38. The monoisotopic (exact) mass is 362 g/mol. The highest BCUT2D eigenvalue weighted by atomic mass is 16.5. The predicted octanol–water partition coefficient (Wildman–Crippen LogP) is 4.80. The van der Waals surface area contributed by atoms with E-state index in [1.807, 2.05) is 38.1 Å². The van der Waals surface area contributed by atoms with Crippen LogP contribution < -0.4 is 9.80 Å². The Kier molecular flexibility index (Phi) is 4.25. The van der Waals surface area contributed by atoms with Crippen LogP contribution in [0.25, 0.3) is 21.9 Å². The van der Waals surface area contributed by atoms with Gasteiger partial charge >= 0.3 is 0 Å². The van der Waals surface area contributed by atoms with Gasteiger partial charge in [0.2, 0.25) is 0 Å². The molecule has 2 heterocycles. The maximum atomic E-state index is 13.0. The molecular weight excluding hydrogens is 344 g/mol. The highest BCUT2D eigenvalue weighted by molar-refractivity contribution is 6.20. The van der Waals surface area contributed by atoms with E-state index in [4.69, 9.17) is 9.15 Å². The zero-order valence-corrected chi connectivity index (χ0v) is 14.9. The summed E-state index contributed by atoms with van der Waals surface area (Å²) in [6, 6.07) is 14.0. The molecule has 0 saturated heterocycles. The molecule has 6 nitrogen and oxygen atoms in total. The standard InChI is InChI=1S/C21H18N2O4/c1-13(2)26-18-10-9-16(21(24)23(25)14-6-5-11-22-12-14)19-15-7-3-4-8-17(15)27-20(18)19/h3-13,25H,1-2H3. The molecule has 0 aliphatic carbocycles. The number of anilines is 1. The van der Waals surface area contributed by atoms with Crippen LogP contribution >= 0.6 is 0 Å². The quantitative estimate of drug-likeness (QED) is 0.417. The molecule has 1 amide bonds. The lowest BCUT2D eigenvalue weighted by Crippen LogP contribution is -2.27. The van der Waals surface area contributed by atoms with Crippen molar-refractivity contribution in [3.63, 3.8) is 0 Å². The number of fused-ring (bicyclic) bond motifs is 3. The Hall–Kier alpha value is -3.38. The maximum Gasteiger partial charge on any atom is 0.282 e. The number of furan rings is 1. The Morgan fingerprint density at radius 1 is 1.15 bits per heavy atom. The second kappa shape index (κ2) is 6.74. The van der Waals surface area contributed by atoms with E-state index in [0.29, 0.717) is 32.9 Å². The molecular formula is C21H18N2O4. The smallest absolute Gasteiger partial charge is 0.282 e. The highest BCUT2D eigenvalue weighted by Gasteiger charge is 2.24. The third-order valence-electron chi connectivity index (χ3n) is 4.17. The summed E-state index contributed by atoms with van der Waals surface area (Å²) in [7, 11) is 0. The molecule has 1 N–H and O–H groups in total. The molecule has 0 aliphatic heterocycles. The summed E-state index contributed by atoms with van der Waals surface area (Å²) < 4.78 is 11.8. The molecule has 2 aromatic heterocycles. The molecule has 6 heteroatoms. The van der Waals surface area contributed by atoms with Crippen molar-refractivity contribution >= 4 is 33.5 Å². The predicted molar refractivity (Wildman–Crippen MR) is 102 cm³/mol. The average molecular weight is 362 g/mol. The Morgan fingerprint density at radius 3 is 2.70 bits per heavy atom. The molecule has 136 valence electrons. The van der Waals surface area contributed by atoms with Gasteiger partial charge in [-0.25, -0.2) is 0 Å². The minimum absolute atomic E-state index is 0.0484. The third kappa shape index (κ3) is 3.00. The van der Waals surface area contributed by atoms with Crippen LogP contribution in [-0.2, 0) is 0 Å². The number of rotatable bonds is 4. The Bertz CT molecular complexity index is 1120. The summed E-state index contributed by atoms with van der Waals surface area (Å²) in [5.41, 5.74) is 1.73. The number of ether oxygens (including phenoxy) is 1. The molecule has 2 aromatic carbocycles. The zero-order chi connectivity index (χ0) is 19.0. The van der Waals surface area contributed by atoms with Gasteiger partial charge in [0.1, 0.15) is 5.58 Å². The number of hydrogen-bond acceptors (Lipinski definition) is 5. The number of para-hydroxylation sites is 1. The van der Waals surface area contributed by atoms with Gasteiger partial charge in [0.15, 0.2) is 11.3 Å². The zero-order valence-electron chi connectivity index (χ0n) is 14.9. The molecule has 0 atom stereocenters. The fourth-order valence-electron chi connectivity index (χ4n) is 3.04. The summed E-state index contributed by atoms with van der Waals surface area (Å²) in [5.74, 6) is -0.0192. The molecule has 4 aromatic rings. The van der Waals surface area contributed by atoms with Crippen LogP contribution in [0.5, 0.6) is 5.75 Å². The molecule has 0 fully saturated rings. The van der Waals surface area contributed by atoms with Gasteiger partial charge in [0, 0.05) is 17.0 Å². The SMILES string of the molecule is CC(C)Oc1ccc(C(=O)N(O)c2cccnc2)c2c1oc1ccccc12. The summed E-state index contributed by atoms with van der Waals surface area (Å²) in [6.07, 6.45) is 2.94. The van der Waals surface area contributed by atoms with E-state index in [1.54, 1.807) is 30.5 Å². The second-order valence-corrected chi connectivity index (χ2v) is 6.41. The van der Waals surface area contributed by atoms with Crippen molar-refractivity contribution in [1.29, 1.82) is 0 Å². The van der Waals surface area contributed by atoms with Gasteiger partial charge in [-0.05, 0) is 44.2 Å². The minimum Gasteiger partial charge on any atom is -0.487 e. The first-order valence-electron chi connectivity index (χ1n) is 8.60. The normalized spacial score (nSPS) is 11.3. The van der Waals surface area contributed by atoms with Crippen LogP contribution in [0.15, 0.2) is 65.3 Å². The van der Waals surface area contributed by atoms with Gasteiger partial charge in [0.05, 0.1) is 23.6 Å². The van der Waals surface area contributed by atoms with E-state index in [1.165, 1.54) is 6.20 Å². The van der Waals surface area contributed by atoms with Crippen LogP contribution in [0.3, 0.4) is 0 Å². The molecule has 0 unspecified atom stereocenters. The van der Waals surface area contributed by atoms with Crippen molar-refractivity contribution in [3.05, 3.63) is 66.5 Å². The van der Waals surface area contributed by atoms with Crippen LogP contribution in [0, 0.1) is 0 Å². The topological polar surface area (TPSA) is 75.8 Å². The second-order valence-electron chi connectivity index (χ2n) is 6.41. The summed E-state index contributed by atoms with van der Waals surface area (Å²) in [6.45, 7) is 3.84. The van der Waals surface area contributed by atoms with Gasteiger partial charge in [-0.1, -0.05) is 18.2 Å². The number of nitrogens with zero attached hydrogens (tertiary/aromatic N) is 2. The number of hydrogen-bond donors (Lipinski definition) is 1. The first kappa shape index (κ1) is 17.1. The molecule has 27 heavy (non-hydrogen) atoms. The minimum atomic E-state index is -0.573. The van der Waals surface area contributed by atoms with Crippen molar-refractivity contribution in [2.24, 2.45) is 0 Å². The maximum absolute atomic E-state index is 13.0. The average Bonchev–Trinajstić information content (AvgIpc) is 3.08. The van der Waals surface area contributed by atoms with Gasteiger partial charge in [-0.2, -0.15) is 5.06 Å². The largest absolute Gasteiger partial charge is 0.487 e. The van der Waals surface area contributed by atoms with Crippen LogP contribution in [0.4, 0.5) is 5.69 Å². The van der Waals surface area contributed by atoms with E-state index >= 15 is 0 Å². The van der Waals surface area contributed by atoms with Crippen molar-refractivity contribution in [2.75, 3.05) is 5.06 Å². The van der Waals surface area contributed by atoms with Crippen LogP contribution in [0.1, 0.15) is 24.2 Å². The lowest BCUT2D eigenvalue weighted by molar-refractivity contribution is 0.0856. The number of hydroxylamine groups is 1. The molecule has 0 saturated carbocycles. The molecule has 0 bridgehead atoms. The molecule has 0 spiro atoms. The number of benzene rings is 2. The van der Waals surface area contributed by atoms with E-state index in [-0.39, 0.29) is 11.8 Å². The first-order chi connectivity index (χ1) is 13.1. The van der Waals surface area contributed by atoms with Gasteiger partial charge < -0.3 is 9.15 Å². The fourth-order valence-corrected chi connectivity index (χ4v) is 3.04. The number of carbonyl (C=O) groups excluding carboxylic acids is 1. The van der Waals surface area contributed by atoms with E-state index in [9.17, 15) is 10.0 Å². The van der Waals surface area contributed by atoms with Gasteiger partial charge in [-0.3, -0.25) is 15.0 Å². The van der Waals surface area contributed by atoms with E-state index in [2.05, 4.69) is 4.98 Å². The summed E-state index contributed by atoms with van der Waals surface area (Å²) in [5, 5.41) is 12.4. The number of pyridine rings is 1. The van der Waals surface area contributed by atoms with Crippen molar-refractivity contribution < 1.29 is 19.2 Å². The van der Waals surface area contributed by atoms with Crippen LogP contribution in [0.2, 0.25) is 0 Å². The van der Waals surface area contributed by atoms with E-state index < -0.39 is 5.91 Å². The Labute approximate surface area is 155 Å². The molecule has 4 rings (SSSR count). The van der Waals surface area contributed by atoms with Gasteiger partial charge in [-0.15, -0.1) is 0 Å². The number of carbonyl (C=O) groups is 1. The lowest BCUT2D eigenvalue weighted by atomic mass is 10.0. The number of aromatic nitrogens is 1. The van der Waals surface area contributed by atoms with Crippen molar-refractivity contribution in [3.8, 4) is 5.75 Å².